The highest BCUT2D eigenvalue weighted by molar-refractivity contribution is 5.79. The van der Waals surface area contributed by atoms with Gasteiger partial charge in [0.15, 0.2) is 5.96 Å². The molecular weight excluding hydrogens is 403 g/mol. The number of piperazine rings is 1. The van der Waals surface area contributed by atoms with Crippen molar-refractivity contribution in [3.63, 3.8) is 0 Å². The summed E-state index contributed by atoms with van der Waals surface area (Å²) in [7, 11) is 1.73. The zero-order valence-corrected chi connectivity index (χ0v) is 18.9. The van der Waals surface area contributed by atoms with E-state index in [0.717, 1.165) is 70.2 Å². The number of hydrogen-bond acceptors (Lipinski definition) is 3. The second-order valence-electron chi connectivity index (χ2n) is 8.84. The van der Waals surface area contributed by atoms with Crippen LogP contribution in [-0.4, -0.2) is 74.7 Å². The summed E-state index contributed by atoms with van der Waals surface area (Å²) in [6.45, 7) is 11.2. The van der Waals surface area contributed by atoms with Crippen molar-refractivity contribution in [2.45, 2.75) is 50.7 Å². The van der Waals surface area contributed by atoms with Crippen molar-refractivity contribution >= 4 is 5.96 Å². The van der Waals surface area contributed by atoms with Gasteiger partial charge in [0.25, 0.3) is 0 Å². The first kappa shape index (κ1) is 23.9. The highest BCUT2D eigenvalue weighted by Crippen LogP contribution is 2.44. The number of halogens is 3. The van der Waals surface area contributed by atoms with Gasteiger partial charge in [0, 0.05) is 57.8 Å². The topological polar surface area (TPSA) is 42.9 Å². The highest BCUT2D eigenvalue weighted by atomic mass is 19.4. The standard InChI is InChI=1S/C23H36F3N5/c1-4-30-11-13-31(14-12-30)18(2)16-28-21(27-3)29-17-22(9-6-10-22)19-7-5-8-20(15-19)23(24,25)26/h5,7-8,15,18H,4,6,9-14,16-17H2,1-3H3,(H2,27,28,29). The zero-order valence-electron chi connectivity index (χ0n) is 18.9. The Morgan fingerprint density at radius 1 is 1.16 bits per heavy atom. The molecule has 0 radical (unpaired) electrons. The average Bonchev–Trinajstić information content (AvgIpc) is 2.74. The van der Waals surface area contributed by atoms with Crippen molar-refractivity contribution in [1.29, 1.82) is 0 Å². The Balaban J connectivity index is 1.54. The van der Waals surface area contributed by atoms with Crippen LogP contribution in [0.5, 0.6) is 0 Å². The maximum Gasteiger partial charge on any atom is 0.416 e. The molecule has 1 aliphatic carbocycles. The van der Waals surface area contributed by atoms with Gasteiger partial charge in [-0.3, -0.25) is 9.89 Å². The van der Waals surface area contributed by atoms with Crippen LogP contribution in [0.1, 0.15) is 44.2 Å². The lowest BCUT2D eigenvalue weighted by atomic mass is 9.64. The van der Waals surface area contributed by atoms with Crippen molar-refractivity contribution in [3.05, 3.63) is 35.4 Å². The van der Waals surface area contributed by atoms with Gasteiger partial charge in [-0.15, -0.1) is 0 Å². The largest absolute Gasteiger partial charge is 0.416 e. The van der Waals surface area contributed by atoms with E-state index in [1.54, 1.807) is 7.05 Å². The van der Waals surface area contributed by atoms with Gasteiger partial charge in [-0.1, -0.05) is 31.5 Å². The Bertz CT molecular complexity index is 737. The van der Waals surface area contributed by atoms with Crippen molar-refractivity contribution in [2.24, 2.45) is 4.99 Å². The molecule has 1 unspecified atom stereocenters. The molecule has 0 amide bonds. The number of nitrogens with one attached hydrogen (secondary N) is 2. The van der Waals surface area contributed by atoms with E-state index >= 15 is 0 Å². The Morgan fingerprint density at radius 3 is 2.42 bits per heavy atom. The Hall–Kier alpha value is -1.80. The SMILES string of the molecule is CCN1CCN(C(C)CNC(=NC)NCC2(c3cccc(C(F)(F)F)c3)CCC2)CC1. The molecule has 1 aromatic rings. The van der Waals surface area contributed by atoms with Gasteiger partial charge in [0.2, 0.25) is 0 Å². The molecule has 2 N–H and O–H groups in total. The van der Waals surface area contributed by atoms with E-state index in [4.69, 9.17) is 0 Å². The van der Waals surface area contributed by atoms with Crippen LogP contribution in [0.4, 0.5) is 13.2 Å². The van der Waals surface area contributed by atoms with E-state index in [1.807, 2.05) is 6.07 Å². The fourth-order valence-corrected chi connectivity index (χ4v) is 4.56. The fourth-order valence-electron chi connectivity index (χ4n) is 4.56. The van der Waals surface area contributed by atoms with Gasteiger partial charge in [-0.2, -0.15) is 13.2 Å². The zero-order chi connectivity index (χ0) is 22.5. The van der Waals surface area contributed by atoms with E-state index in [-0.39, 0.29) is 5.41 Å². The lowest BCUT2D eigenvalue weighted by Gasteiger charge is -2.43. The molecule has 3 rings (SSSR count). The van der Waals surface area contributed by atoms with Crippen LogP contribution >= 0.6 is 0 Å². The average molecular weight is 440 g/mol. The molecule has 174 valence electrons. The summed E-state index contributed by atoms with van der Waals surface area (Å²) >= 11 is 0. The first-order valence-corrected chi connectivity index (χ1v) is 11.4. The number of likely N-dealkylation sites (N-methyl/N-ethyl adjacent to an activating group) is 1. The van der Waals surface area contributed by atoms with Crippen molar-refractivity contribution in [3.8, 4) is 0 Å². The monoisotopic (exact) mass is 439 g/mol. The minimum atomic E-state index is -4.31. The van der Waals surface area contributed by atoms with Crippen molar-refractivity contribution in [2.75, 3.05) is 52.9 Å². The van der Waals surface area contributed by atoms with Crippen LogP contribution < -0.4 is 10.6 Å². The highest BCUT2D eigenvalue weighted by Gasteiger charge is 2.40. The maximum atomic E-state index is 13.2. The molecule has 5 nitrogen and oxygen atoms in total. The van der Waals surface area contributed by atoms with Crippen LogP contribution in [0.2, 0.25) is 0 Å². The summed E-state index contributed by atoms with van der Waals surface area (Å²) < 4.78 is 39.5. The number of aliphatic imine (C=N–C) groups is 1. The molecule has 2 fully saturated rings. The number of hydrogen-bond donors (Lipinski definition) is 2. The first-order chi connectivity index (χ1) is 14.8. The molecule has 0 spiro atoms. The van der Waals surface area contributed by atoms with Gasteiger partial charge < -0.3 is 15.5 Å². The normalized spacial score (nSPS) is 21.4. The van der Waals surface area contributed by atoms with Gasteiger partial charge >= 0.3 is 6.18 Å². The van der Waals surface area contributed by atoms with Crippen LogP contribution in [0.3, 0.4) is 0 Å². The van der Waals surface area contributed by atoms with Crippen LogP contribution in [0, 0.1) is 0 Å². The van der Waals surface area contributed by atoms with E-state index < -0.39 is 11.7 Å². The van der Waals surface area contributed by atoms with E-state index in [0.29, 0.717) is 18.5 Å². The van der Waals surface area contributed by atoms with Gasteiger partial charge in [0.1, 0.15) is 0 Å². The number of rotatable bonds is 7. The number of guanidine groups is 1. The Labute approximate surface area is 184 Å². The summed E-state index contributed by atoms with van der Waals surface area (Å²) in [5, 5.41) is 6.78. The molecular formula is C23H36F3N5. The summed E-state index contributed by atoms with van der Waals surface area (Å²) in [6.07, 6.45) is -1.51. The Kier molecular flexibility index (Phi) is 7.86. The Morgan fingerprint density at radius 2 is 1.87 bits per heavy atom. The molecule has 0 aromatic heterocycles. The predicted octanol–water partition coefficient (Wildman–Crippen LogP) is 3.32. The van der Waals surface area contributed by atoms with Gasteiger partial charge in [0.05, 0.1) is 5.56 Å². The minimum absolute atomic E-state index is 0.263. The van der Waals surface area contributed by atoms with E-state index in [9.17, 15) is 13.2 Å². The third-order valence-corrected chi connectivity index (χ3v) is 6.97. The molecule has 1 heterocycles. The molecule has 1 saturated heterocycles. The predicted molar refractivity (Wildman–Crippen MR) is 119 cm³/mol. The number of nitrogens with zero attached hydrogens (tertiary/aromatic N) is 3. The van der Waals surface area contributed by atoms with Crippen LogP contribution in [0.25, 0.3) is 0 Å². The summed E-state index contributed by atoms with van der Waals surface area (Å²) in [4.78, 5) is 9.28. The third kappa shape index (κ3) is 5.92. The van der Waals surface area contributed by atoms with Crippen LogP contribution in [-0.2, 0) is 11.6 Å². The maximum absolute atomic E-state index is 13.2. The molecule has 1 aliphatic heterocycles. The summed E-state index contributed by atoms with van der Waals surface area (Å²) in [5.74, 6) is 0.706. The van der Waals surface area contributed by atoms with Crippen LogP contribution in [0.15, 0.2) is 29.3 Å². The van der Waals surface area contributed by atoms with Crippen molar-refractivity contribution in [1.82, 2.24) is 20.4 Å². The molecule has 1 atom stereocenters. The number of benzene rings is 1. The first-order valence-electron chi connectivity index (χ1n) is 11.4. The minimum Gasteiger partial charge on any atom is -0.356 e. The fraction of sp³-hybridized carbons (Fsp3) is 0.696. The molecule has 8 heteroatoms. The number of alkyl halides is 3. The molecule has 0 bridgehead atoms. The quantitative estimate of drug-likeness (QED) is 0.505. The molecule has 2 aliphatic rings. The van der Waals surface area contributed by atoms with E-state index in [1.165, 1.54) is 12.1 Å². The van der Waals surface area contributed by atoms with E-state index in [2.05, 4.69) is 39.3 Å². The van der Waals surface area contributed by atoms with Gasteiger partial charge in [-0.05, 0) is 37.9 Å². The molecule has 1 aromatic carbocycles. The summed E-state index contributed by atoms with van der Waals surface area (Å²) in [6, 6.07) is 6.19. The smallest absolute Gasteiger partial charge is 0.356 e. The molecule has 1 saturated carbocycles. The second-order valence-corrected chi connectivity index (χ2v) is 8.84. The lowest BCUT2D eigenvalue weighted by molar-refractivity contribution is -0.137. The second kappa shape index (κ2) is 10.2. The van der Waals surface area contributed by atoms with Crippen molar-refractivity contribution < 1.29 is 13.2 Å². The molecule has 31 heavy (non-hydrogen) atoms. The summed E-state index contributed by atoms with van der Waals surface area (Å²) in [5.41, 5.74) is -0.0736. The third-order valence-electron chi connectivity index (χ3n) is 6.97. The lowest BCUT2D eigenvalue weighted by Crippen LogP contribution is -2.54. The van der Waals surface area contributed by atoms with Gasteiger partial charge in [-0.25, -0.2) is 0 Å².